The number of nitrogens with zero attached hydrogens (tertiary/aromatic N) is 1. The molecule has 1 aliphatic rings. The van der Waals surface area contributed by atoms with Crippen LogP contribution in [0.5, 0.6) is 5.75 Å². The van der Waals surface area contributed by atoms with E-state index in [1.165, 1.54) is 17.0 Å². The number of benzene rings is 2. The molecule has 5 nitrogen and oxygen atoms in total. The molecule has 25 heavy (non-hydrogen) atoms. The maximum atomic E-state index is 13.4. The van der Waals surface area contributed by atoms with Gasteiger partial charge in [-0.05, 0) is 37.3 Å². The van der Waals surface area contributed by atoms with E-state index >= 15 is 0 Å². The lowest BCUT2D eigenvalue weighted by atomic mass is 10.1. The molecule has 130 valence electrons. The Kier molecular flexibility index (Phi) is 4.97. The normalized spacial score (nSPS) is 16.8. The summed E-state index contributed by atoms with van der Waals surface area (Å²) in [6.45, 7) is 2.62. The summed E-state index contributed by atoms with van der Waals surface area (Å²) in [5.74, 6) is -0.325. The predicted molar refractivity (Wildman–Crippen MR) is 92.2 cm³/mol. The minimum atomic E-state index is -0.400. The van der Waals surface area contributed by atoms with Crippen LogP contribution < -0.4 is 15.0 Å². The fourth-order valence-corrected chi connectivity index (χ4v) is 2.90. The Morgan fingerprint density at radius 1 is 1.28 bits per heavy atom. The number of carbonyl (C=O) groups excluding carboxylic acids is 2. The Bertz CT molecular complexity index is 794. The van der Waals surface area contributed by atoms with Crippen LogP contribution in [0.1, 0.15) is 23.7 Å². The number of rotatable bonds is 5. The fraction of sp³-hybridized carbons (Fsp3) is 0.263. The molecular weight excluding hydrogens is 323 g/mol. The van der Waals surface area contributed by atoms with Crippen molar-refractivity contribution in [3.05, 3.63) is 59.9 Å². The maximum Gasteiger partial charge on any atom is 0.255 e. The quantitative estimate of drug-likeness (QED) is 0.909. The number of amides is 2. The number of para-hydroxylation sites is 1. The molecule has 2 aromatic carbocycles. The zero-order chi connectivity index (χ0) is 17.8. The van der Waals surface area contributed by atoms with E-state index in [2.05, 4.69) is 5.32 Å². The topological polar surface area (TPSA) is 58.6 Å². The lowest BCUT2D eigenvalue weighted by molar-refractivity contribution is -0.117. The monoisotopic (exact) mass is 342 g/mol. The summed E-state index contributed by atoms with van der Waals surface area (Å²) >= 11 is 0. The zero-order valence-corrected chi connectivity index (χ0v) is 13.9. The SMILES string of the molecule is CCOc1ccccc1C(=O)NC1CC(=O)N(c2cccc(F)c2)C1. The van der Waals surface area contributed by atoms with Gasteiger partial charge in [0, 0.05) is 18.7 Å². The minimum absolute atomic E-state index is 0.144. The molecule has 0 bridgehead atoms. The number of hydrogen-bond donors (Lipinski definition) is 1. The van der Waals surface area contributed by atoms with Crippen LogP contribution >= 0.6 is 0 Å². The summed E-state index contributed by atoms with van der Waals surface area (Å²) < 4.78 is 18.8. The van der Waals surface area contributed by atoms with Crippen molar-refractivity contribution in [2.24, 2.45) is 0 Å². The van der Waals surface area contributed by atoms with Crippen molar-refractivity contribution in [2.75, 3.05) is 18.1 Å². The Balaban J connectivity index is 1.70. The van der Waals surface area contributed by atoms with Crippen LogP contribution in [0, 0.1) is 5.82 Å². The summed E-state index contributed by atoms with van der Waals surface area (Å²) in [6.07, 6.45) is 0.180. The summed E-state index contributed by atoms with van der Waals surface area (Å²) in [5, 5.41) is 2.86. The summed E-state index contributed by atoms with van der Waals surface area (Å²) in [6, 6.07) is 12.5. The summed E-state index contributed by atoms with van der Waals surface area (Å²) in [4.78, 5) is 26.2. The number of ether oxygens (including phenoxy) is 1. The lowest BCUT2D eigenvalue weighted by Crippen LogP contribution is -2.37. The van der Waals surface area contributed by atoms with Crippen LogP contribution in [0.3, 0.4) is 0 Å². The molecule has 6 heteroatoms. The largest absolute Gasteiger partial charge is 0.493 e. The molecule has 1 heterocycles. The van der Waals surface area contributed by atoms with Gasteiger partial charge in [0.1, 0.15) is 11.6 Å². The molecule has 3 rings (SSSR count). The molecule has 1 N–H and O–H groups in total. The van der Waals surface area contributed by atoms with Gasteiger partial charge in [-0.3, -0.25) is 9.59 Å². The Morgan fingerprint density at radius 2 is 2.08 bits per heavy atom. The third-order valence-electron chi connectivity index (χ3n) is 4.01. The van der Waals surface area contributed by atoms with Crippen molar-refractivity contribution in [1.29, 1.82) is 0 Å². The third-order valence-corrected chi connectivity index (χ3v) is 4.01. The molecule has 0 aromatic heterocycles. The van der Waals surface area contributed by atoms with Crippen molar-refractivity contribution < 1.29 is 18.7 Å². The Labute approximate surface area is 145 Å². The zero-order valence-electron chi connectivity index (χ0n) is 13.9. The van der Waals surface area contributed by atoms with Gasteiger partial charge in [0.05, 0.1) is 18.2 Å². The molecule has 0 spiro atoms. The van der Waals surface area contributed by atoms with Crippen LogP contribution in [0.15, 0.2) is 48.5 Å². The second-order valence-corrected chi connectivity index (χ2v) is 5.79. The average Bonchev–Trinajstić information content (AvgIpc) is 2.96. The van der Waals surface area contributed by atoms with Crippen molar-refractivity contribution in [3.8, 4) is 5.75 Å². The first-order valence-electron chi connectivity index (χ1n) is 8.17. The number of carbonyl (C=O) groups is 2. The van der Waals surface area contributed by atoms with Gasteiger partial charge in [0.25, 0.3) is 5.91 Å². The van der Waals surface area contributed by atoms with Gasteiger partial charge in [0.2, 0.25) is 5.91 Å². The highest BCUT2D eigenvalue weighted by atomic mass is 19.1. The smallest absolute Gasteiger partial charge is 0.255 e. The second-order valence-electron chi connectivity index (χ2n) is 5.79. The Hall–Kier alpha value is -2.89. The van der Waals surface area contributed by atoms with E-state index in [1.807, 2.05) is 6.92 Å². The van der Waals surface area contributed by atoms with Crippen molar-refractivity contribution >= 4 is 17.5 Å². The highest BCUT2D eigenvalue weighted by Crippen LogP contribution is 2.23. The highest BCUT2D eigenvalue weighted by molar-refractivity contribution is 6.00. The number of halogens is 1. The highest BCUT2D eigenvalue weighted by Gasteiger charge is 2.32. The molecule has 1 saturated heterocycles. The third kappa shape index (κ3) is 3.79. The molecule has 0 radical (unpaired) electrons. The van der Waals surface area contributed by atoms with Crippen LogP contribution in [0.4, 0.5) is 10.1 Å². The van der Waals surface area contributed by atoms with Gasteiger partial charge in [-0.25, -0.2) is 4.39 Å². The van der Waals surface area contributed by atoms with Crippen molar-refractivity contribution in [3.63, 3.8) is 0 Å². The molecule has 1 fully saturated rings. The van der Waals surface area contributed by atoms with Crippen LogP contribution in [-0.2, 0) is 4.79 Å². The molecular formula is C19H19FN2O3. The molecule has 0 saturated carbocycles. The van der Waals surface area contributed by atoms with Crippen LogP contribution in [-0.4, -0.2) is 31.0 Å². The first-order valence-corrected chi connectivity index (χ1v) is 8.17. The summed E-state index contributed by atoms with van der Waals surface area (Å²) in [7, 11) is 0. The minimum Gasteiger partial charge on any atom is -0.493 e. The first kappa shape index (κ1) is 17.0. The van der Waals surface area contributed by atoms with Crippen LogP contribution in [0.25, 0.3) is 0 Å². The molecule has 1 unspecified atom stereocenters. The number of nitrogens with one attached hydrogen (secondary N) is 1. The van der Waals surface area contributed by atoms with E-state index in [-0.39, 0.29) is 24.3 Å². The van der Waals surface area contributed by atoms with Crippen molar-refractivity contribution in [1.82, 2.24) is 5.32 Å². The standard InChI is InChI=1S/C19H19FN2O3/c1-2-25-17-9-4-3-8-16(17)19(24)21-14-11-18(23)22(12-14)15-7-5-6-13(20)10-15/h3-10,14H,2,11-12H2,1H3,(H,21,24). The molecule has 0 aliphatic carbocycles. The van der Waals surface area contributed by atoms with Crippen LogP contribution in [0.2, 0.25) is 0 Å². The Morgan fingerprint density at radius 3 is 2.84 bits per heavy atom. The van der Waals surface area contributed by atoms with E-state index in [1.54, 1.807) is 36.4 Å². The van der Waals surface area contributed by atoms with Gasteiger partial charge in [-0.1, -0.05) is 18.2 Å². The van der Waals surface area contributed by atoms with Crippen molar-refractivity contribution in [2.45, 2.75) is 19.4 Å². The lowest BCUT2D eigenvalue weighted by Gasteiger charge is -2.18. The van der Waals surface area contributed by atoms with Gasteiger partial charge in [-0.15, -0.1) is 0 Å². The second kappa shape index (κ2) is 7.34. The van der Waals surface area contributed by atoms with E-state index in [9.17, 15) is 14.0 Å². The van der Waals surface area contributed by atoms with Gasteiger partial charge in [0.15, 0.2) is 0 Å². The fourth-order valence-electron chi connectivity index (χ4n) is 2.90. The van der Waals surface area contributed by atoms with E-state index in [0.29, 0.717) is 30.2 Å². The molecule has 1 atom stereocenters. The maximum absolute atomic E-state index is 13.4. The van der Waals surface area contributed by atoms with Gasteiger partial charge >= 0.3 is 0 Å². The molecule has 1 aliphatic heterocycles. The average molecular weight is 342 g/mol. The summed E-state index contributed by atoms with van der Waals surface area (Å²) in [5.41, 5.74) is 0.928. The van der Waals surface area contributed by atoms with E-state index < -0.39 is 5.82 Å². The molecule has 2 amide bonds. The van der Waals surface area contributed by atoms with E-state index in [0.717, 1.165) is 0 Å². The number of anilines is 1. The van der Waals surface area contributed by atoms with E-state index in [4.69, 9.17) is 4.74 Å². The molecule has 2 aromatic rings. The van der Waals surface area contributed by atoms with Gasteiger partial charge in [-0.2, -0.15) is 0 Å². The first-order chi connectivity index (χ1) is 12.1. The predicted octanol–water partition coefficient (Wildman–Crippen LogP) is 2.76. The van der Waals surface area contributed by atoms with Gasteiger partial charge < -0.3 is 15.0 Å². The number of hydrogen-bond acceptors (Lipinski definition) is 3.